The highest BCUT2D eigenvalue weighted by Gasteiger charge is 2.45. The molecule has 1 amide bonds. The van der Waals surface area contributed by atoms with Crippen LogP contribution in [0.4, 0.5) is 0 Å². The number of carbonyl (C=O) groups is 1. The van der Waals surface area contributed by atoms with Gasteiger partial charge in [0.25, 0.3) is 0 Å². The Morgan fingerprint density at radius 2 is 1.78 bits per heavy atom. The van der Waals surface area contributed by atoms with Gasteiger partial charge in [-0.05, 0) is 49.3 Å². The van der Waals surface area contributed by atoms with Gasteiger partial charge in [0.15, 0.2) is 0 Å². The molecule has 1 heterocycles. The highest BCUT2D eigenvalue weighted by molar-refractivity contribution is 9.10. The van der Waals surface area contributed by atoms with E-state index in [1.54, 1.807) is 0 Å². The molecule has 2 nitrogen and oxygen atoms in total. The van der Waals surface area contributed by atoms with Crippen molar-refractivity contribution in [3.8, 4) is 0 Å². The Balaban J connectivity index is 1.63. The number of piperidine rings is 1. The maximum absolute atomic E-state index is 12.3. The lowest BCUT2D eigenvalue weighted by Gasteiger charge is -2.26. The summed E-state index contributed by atoms with van der Waals surface area (Å²) < 4.78 is 1.10. The molecule has 1 aromatic rings. The van der Waals surface area contributed by atoms with Gasteiger partial charge in [-0.15, -0.1) is 0 Å². The number of hydrogen-bond acceptors (Lipinski definition) is 1. The van der Waals surface area contributed by atoms with Crippen LogP contribution in [0.5, 0.6) is 0 Å². The van der Waals surface area contributed by atoms with Crippen molar-refractivity contribution in [2.45, 2.75) is 31.6 Å². The van der Waals surface area contributed by atoms with Crippen LogP contribution in [0.3, 0.4) is 0 Å². The molecule has 2 fully saturated rings. The molecule has 0 N–H and O–H groups in total. The number of halogens is 1. The average molecular weight is 308 g/mol. The van der Waals surface area contributed by atoms with E-state index in [-0.39, 0.29) is 5.92 Å². The lowest BCUT2D eigenvalue weighted by molar-refractivity contribution is -0.133. The summed E-state index contributed by atoms with van der Waals surface area (Å²) in [5.41, 5.74) is 1.31. The van der Waals surface area contributed by atoms with Crippen LogP contribution in [0.2, 0.25) is 0 Å². The summed E-state index contributed by atoms with van der Waals surface area (Å²) in [7, 11) is 0. The fourth-order valence-electron chi connectivity index (χ4n) is 2.90. The molecule has 3 heteroatoms. The fraction of sp³-hybridized carbons (Fsp3) is 0.533. The van der Waals surface area contributed by atoms with Crippen molar-refractivity contribution in [3.63, 3.8) is 0 Å². The van der Waals surface area contributed by atoms with E-state index in [1.807, 2.05) is 0 Å². The quantitative estimate of drug-likeness (QED) is 0.818. The van der Waals surface area contributed by atoms with E-state index in [1.165, 1.54) is 24.8 Å². The van der Waals surface area contributed by atoms with Gasteiger partial charge in [0.05, 0.1) is 0 Å². The molecule has 18 heavy (non-hydrogen) atoms. The van der Waals surface area contributed by atoms with Gasteiger partial charge < -0.3 is 4.90 Å². The summed E-state index contributed by atoms with van der Waals surface area (Å²) >= 11 is 3.45. The molecule has 0 radical (unpaired) electrons. The first-order chi connectivity index (χ1) is 8.75. The maximum Gasteiger partial charge on any atom is 0.226 e. The molecule has 3 rings (SSSR count). The van der Waals surface area contributed by atoms with E-state index < -0.39 is 0 Å². The monoisotopic (exact) mass is 307 g/mol. The second-order valence-electron chi connectivity index (χ2n) is 5.39. The van der Waals surface area contributed by atoms with Crippen molar-refractivity contribution in [2.24, 2.45) is 5.92 Å². The lowest BCUT2D eigenvalue weighted by Crippen LogP contribution is -2.36. The van der Waals surface area contributed by atoms with Crippen molar-refractivity contribution < 1.29 is 4.79 Å². The van der Waals surface area contributed by atoms with Crippen LogP contribution in [0.25, 0.3) is 0 Å². The molecule has 2 atom stereocenters. The number of rotatable bonds is 2. The van der Waals surface area contributed by atoms with Gasteiger partial charge in [-0.1, -0.05) is 28.1 Å². The molecular weight excluding hydrogens is 290 g/mol. The number of likely N-dealkylation sites (tertiary alicyclic amines) is 1. The summed E-state index contributed by atoms with van der Waals surface area (Å²) in [6.45, 7) is 1.95. The van der Waals surface area contributed by atoms with E-state index in [9.17, 15) is 4.79 Å². The topological polar surface area (TPSA) is 20.3 Å². The minimum absolute atomic E-state index is 0.254. The third kappa shape index (κ3) is 2.46. The second-order valence-corrected chi connectivity index (χ2v) is 6.30. The Morgan fingerprint density at radius 3 is 2.44 bits per heavy atom. The number of nitrogens with zero attached hydrogens (tertiary/aromatic N) is 1. The predicted molar refractivity (Wildman–Crippen MR) is 75.4 cm³/mol. The molecule has 1 aliphatic heterocycles. The van der Waals surface area contributed by atoms with Gasteiger partial charge in [-0.25, -0.2) is 0 Å². The molecule has 0 bridgehead atoms. The second kappa shape index (κ2) is 5.04. The SMILES string of the molecule is O=C(C1CC1c1ccc(Br)cc1)N1CCCCC1. The Hall–Kier alpha value is -0.830. The van der Waals surface area contributed by atoms with Crippen LogP contribution in [-0.4, -0.2) is 23.9 Å². The Kier molecular flexibility index (Phi) is 3.42. The Morgan fingerprint density at radius 1 is 1.11 bits per heavy atom. The minimum Gasteiger partial charge on any atom is -0.342 e. The standard InChI is InChI=1S/C15H18BrNO/c16-12-6-4-11(5-7-12)13-10-14(13)15(18)17-8-2-1-3-9-17/h4-7,13-14H,1-3,8-10H2. The molecule has 1 saturated carbocycles. The zero-order valence-electron chi connectivity index (χ0n) is 10.4. The Bertz CT molecular complexity index is 436. The summed E-state index contributed by atoms with van der Waals surface area (Å²) in [6.07, 6.45) is 4.68. The molecule has 2 aliphatic rings. The van der Waals surface area contributed by atoms with E-state index >= 15 is 0 Å². The van der Waals surface area contributed by atoms with Crippen LogP contribution in [0.15, 0.2) is 28.7 Å². The molecule has 2 unspecified atom stereocenters. The average Bonchev–Trinajstić information content (AvgIpc) is 3.20. The van der Waals surface area contributed by atoms with Crippen molar-refractivity contribution in [3.05, 3.63) is 34.3 Å². The first-order valence-electron chi connectivity index (χ1n) is 6.80. The van der Waals surface area contributed by atoms with Crippen LogP contribution in [0.1, 0.15) is 37.2 Å². The van der Waals surface area contributed by atoms with Gasteiger partial charge >= 0.3 is 0 Å². The van der Waals surface area contributed by atoms with E-state index in [2.05, 4.69) is 45.1 Å². The molecule has 1 aromatic carbocycles. The fourth-order valence-corrected chi connectivity index (χ4v) is 3.16. The maximum atomic E-state index is 12.3. The van der Waals surface area contributed by atoms with Crippen LogP contribution in [0, 0.1) is 5.92 Å². The molecule has 0 aromatic heterocycles. The molecule has 1 aliphatic carbocycles. The van der Waals surface area contributed by atoms with Gasteiger partial charge in [0, 0.05) is 23.5 Å². The first-order valence-corrected chi connectivity index (χ1v) is 7.59. The molecule has 0 spiro atoms. The zero-order chi connectivity index (χ0) is 12.5. The smallest absolute Gasteiger partial charge is 0.226 e. The Labute approximate surface area is 116 Å². The van der Waals surface area contributed by atoms with Crippen molar-refractivity contribution in [1.29, 1.82) is 0 Å². The van der Waals surface area contributed by atoms with Gasteiger partial charge in [-0.2, -0.15) is 0 Å². The first kappa shape index (κ1) is 12.2. The van der Waals surface area contributed by atoms with E-state index in [0.29, 0.717) is 11.8 Å². The predicted octanol–water partition coefficient (Wildman–Crippen LogP) is 3.57. The summed E-state index contributed by atoms with van der Waals surface area (Å²) in [5.74, 6) is 1.11. The van der Waals surface area contributed by atoms with Crippen molar-refractivity contribution >= 4 is 21.8 Å². The van der Waals surface area contributed by atoms with E-state index in [0.717, 1.165) is 24.0 Å². The van der Waals surface area contributed by atoms with Gasteiger partial charge in [-0.3, -0.25) is 4.79 Å². The van der Waals surface area contributed by atoms with Crippen LogP contribution < -0.4 is 0 Å². The third-order valence-electron chi connectivity index (χ3n) is 4.07. The van der Waals surface area contributed by atoms with Crippen LogP contribution in [-0.2, 0) is 4.79 Å². The van der Waals surface area contributed by atoms with Crippen LogP contribution >= 0.6 is 15.9 Å². The van der Waals surface area contributed by atoms with Gasteiger partial charge in [0.1, 0.15) is 0 Å². The molecular formula is C15H18BrNO. The summed E-state index contributed by atoms with van der Waals surface area (Å²) in [5, 5.41) is 0. The number of hydrogen-bond donors (Lipinski definition) is 0. The largest absolute Gasteiger partial charge is 0.342 e. The summed E-state index contributed by atoms with van der Waals surface area (Å²) in [4.78, 5) is 14.4. The zero-order valence-corrected chi connectivity index (χ0v) is 12.0. The van der Waals surface area contributed by atoms with Crippen molar-refractivity contribution in [1.82, 2.24) is 4.90 Å². The van der Waals surface area contributed by atoms with Crippen molar-refractivity contribution in [2.75, 3.05) is 13.1 Å². The molecule has 96 valence electrons. The number of carbonyl (C=O) groups excluding carboxylic acids is 1. The normalized spacial score (nSPS) is 27.1. The summed E-state index contributed by atoms with van der Waals surface area (Å²) in [6, 6.07) is 8.41. The lowest BCUT2D eigenvalue weighted by atomic mass is 10.1. The number of benzene rings is 1. The molecule has 1 saturated heterocycles. The highest BCUT2D eigenvalue weighted by Crippen LogP contribution is 2.48. The van der Waals surface area contributed by atoms with Gasteiger partial charge in [0.2, 0.25) is 5.91 Å². The van der Waals surface area contributed by atoms with E-state index in [4.69, 9.17) is 0 Å². The highest BCUT2D eigenvalue weighted by atomic mass is 79.9. The minimum atomic E-state index is 0.254. The number of amides is 1. The third-order valence-corrected chi connectivity index (χ3v) is 4.60.